The molecule has 1 nitrogen and oxygen atoms in total. The van der Waals surface area contributed by atoms with Crippen LogP contribution < -0.4 is 4.90 Å². The highest BCUT2D eigenvalue weighted by molar-refractivity contribution is 5.90. The minimum atomic E-state index is -0.0704. The predicted octanol–water partition coefficient (Wildman–Crippen LogP) is 10.8. The molecule has 202 valence electrons. The molecule has 0 N–H and O–H groups in total. The molecule has 0 heterocycles. The standard InChI is InChI=1S/C38H45N/c1-25(2)39(35-27(26-17-12-11-13-18-26)20-16-22-31(35)36(3,4)5)32-24-23-29-28-19-14-15-21-30(28)38(9,10)33(29)34(32)37(6,7)8/h11-25H,1-10H3. The van der Waals surface area contributed by atoms with Gasteiger partial charge >= 0.3 is 0 Å². The number of rotatable bonds is 4. The van der Waals surface area contributed by atoms with E-state index in [4.69, 9.17) is 0 Å². The number of para-hydroxylation sites is 1. The van der Waals surface area contributed by atoms with Crippen molar-refractivity contribution in [1.29, 1.82) is 0 Å². The maximum atomic E-state index is 2.64. The van der Waals surface area contributed by atoms with E-state index in [1.165, 1.54) is 55.9 Å². The minimum Gasteiger partial charge on any atom is -0.338 e. The molecule has 0 saturated carbocycles. The number of anilines is 2. The Labute approximate surface area is 236 Å². The van der Waals surface area contributed by atoms with Crippen LogP contribution in [0.3, 0.4) is 0 Å². The first kappa shape index (κ1) is 27.3. The summed E-state index contributed by atoms with van der Waals surface area (Å²) in [5, 5.41) is 0. The lowest BCUT2D eigenvalue weighted by Gasteiger charge is -2.41. The van der Waals surface area contributed by atoms with Crippen LogP contribution in [0, 0.1) is 0 Å². The third-order valence-corrected chi connectivity index (χ3v) is 8.39. The molecule has 0 unspecified atom stereocenters. The van der Waals surface area contributed by atoms with Gasteiger partial charge in [-0.3, -0.25) is 0 Å². The third-order valence-electron chi connectivity index (χ3n) is 8.39. The molecule has 0 amide bonds. The van der Waals surface area contributed by atoms with Crippen LogP contribution in [0.15, 0.2) is 84.9 Å². The van der Waals surface area contributed by atoms with Crippen molar-refractivity contribution in [2.24, 2.45) is 0 Å². The molecule has 1 aliphatic carbocycles. The Morgan fingerprint density at radius 1 is 0.615 bits per heavy atom. The highest BCUT2D eigenvalue weighted by Crippen LogP contribution is 2.56. The summed E-state index contributed by atoms with van der Waals surface area (Å²) < 4.78 is 0. The van der Waals surface area contributed by atoms with Crippen LogP contribution in [0.25, 0.3) is 22.3 Å². The summed E-state index contributed by atoms with van der Waals surface area (Å²) in [4.78, 5) is 2.64. The zero-order chi connectivity index (χ0) is 28.3. The SMILES string of the molecule is CC(C)N(c1ccc2c(c1C(C)(C)C)C(C)(C)c1ccccc1-2)c1c(-c2ccccc2)cccc1C(C)(C)C. The van der Waals surface area contributed by atoms with Crippen molar-refractivity contribution in [3.05, 3.63) is 107 Å². The summed E-state index contributed by atoms with van der Waals surface area (Å²) >= 11 is 0. The molecule has 4 aromatic rings. The van der Waals surface area contributed by atoms with Gasteiger partial charge in [0.2, 0.25) is 0 Å². The second-order valence-corrected chi connectivity index (χ2v) is 14.1. The lowest BCUT2D eigenvalue weighted by atomic mass is 9.72. The van der Waals surface area contributed by atoms with Crippen LogP contribution in [-0.2, 0) is 16.2 Å². The fourth-order valence-corrected chi connectivity index (χ4v) is 6.74. The molecule has 0 spiro atoms. The summed E-state index contributed by atoms with van der Waals surface area (Å²) in [5.41, 5.74) is 13.6. The van der Waals surface area contributed by atoms with Crippen molar-refractivity contribution >= 4 is 11.4 Å². The number of benzene rings is 4. The van der Waals surface area contributed by atoms with E-state index in [1.807, 2.05) is 0 Å². The van der Waals surface area contributed by atoms with Gasteiger partial charge in [0.05, 0.1) is 5.69 Å². The van der Waals surface area contributed by atoms with Gasteiger partial charge in [-0.1, -0.05) is 134 Å². The van der Waals surface area contributed by atoms with E-state index in [0.29, 0.717) is 0 Å². The molecule has 0 atom stereocenters. The lowest BCUT2D eigenvalue weighted by molar-refractivity contribution is 0.553. The van der Waals surface area contributed by atoms with E-state index in [2.05, 4.69) is 159 Å². The molecule has 0 radical (unpaired) electrons. The number of nitrogens with zero attached hydrogens (tertiary/aromatic N) is 1. The van der Waals surface area contributed by atoms with Crippen molar-refractivity contribution in [2.75, 3.05) is 4.90 Å². The topological polar surface area (TPSA) is 3.24 Å². The third kappa shape index (κ3) is 4.50. The van der Waals surface area contributed by atoms with E-state index in [-0.39, 0.29) is 22.3 Å². The Balaban J connectivity index is 1.89. The van der Waals surface area contributed by atoms with E-state index >= 15 is 0 Å². The van der Waals surface area contributed by atoms with Crippen molar-refractivity contribution in [2.45, 2.75) is 91.5 Å². The van der Waals surface area contributed by atoms with Gasteiger partial charge in [0.25, 0.3) is 0 Å². The molecule has 0 aromatic heterocycles. The predicted molar refractivity (Wildman–Crippen MR) is 171 cm³/mol. The largest absolute Gasteiger partial charge is 0.338 e. The van der Waals surface area contributed by atoms with Crippen molar-refractivity contribution in [3.8, 4) is 22.3 Å². The molecule has 39 heavy (non-hydrogen) atoms. The summed E-state index contributed by atoms with van der Waals surface area (Å²) in [6.45, 7) is 23.7. The summed E-state index contributed by atoms with van der Waals surface area (Å²) in [5.74, 6) is 0. The highest BCUT2D eigenvalue weighted by atomic mass is 15.2. The van der Waals surface area contributed by atoms with Gasteiger partial charge in [-0.05, 0) is 69.7 Å². The second kappa shape index (κ2) is 9.40. The number of fused-ring (bicyclic) bond motifs is 3. The normalized spacial score (nSPS) is 14.3. The Morgan fingerprint density at radius 2 is 1.23 bits per heavy atom. The van der Waals surface area contributed by atoms with Crippen LogP contribution >= 0.6 is 0 Å². The molecule has 0 fully saturated rings. The van der Waals surface area contributed by atoms with Crippen molar-refractivity contribution in [3.63, 3.8) is 0 Å². The minimum absolute atomic E-state index is 0.0125. The molecule has 0 aliphatic heterocycles. The molecular weight excluding hydrogens is 470 g/mol. The Kier molecular flexibility index (Phi) is 6.57. The molecule has 0 saturated heterocycles. The molecule has 5 rings (SSSR count). The molecule has 1 aliphatic rings. The van der Waals surface area contributed by atoms with Gasteiger partial charge in [0, 0.05) is 22.7 Å². The maximum absolute atomic E-state index is 2.64. The first-order valence-electron chi connectivity index (χ1n) is 14.5. The van der Waals surface area contributed by atoms with Crippen molar-refractivity contribution in [1.82, 2.24) is 0 Å². The zero-order valence-electron chi connectivity index (χ0n) is 25.6. The molecule has 4 aromatic carbocycles. The van der Waals surface area contributed by atoms with E-state index in [0.717, 1.165) is 0 Å². The monoisotopic (exact) mass is 515 g/mol. The summed E-state index contributed by atoms with van der Waals surface area (Å²) in [6, 6.07) is 31.8. The first-order valence-corrected chi connectivity index (χ1v) is 14.5. The van der Waals surface area contributed by atoms with Crippen LogP contribution in [-0.4, -0.2) is 6.04 Å². The van der Waals surface area contributed by atoms with Crippen LogP contribution in [0.5, 0.6) is 0 Å². The highest BCUT2D eigenvalue weighted by Gasteiger charge is 2.42. The quantitative estimate of drug-likeness (QED) is 0.261. The van der Waals surface area contributed by atoms with Gasteiger partial charge in [0.15, 0.2) is 0 Å². The number of hydrogen-bond acceptors (Lipinski definition) is 1. The van der Waals surface area contributed by atoms with E-state index in [1.54, 1.807) is 0 Å². The van der Waals surface area contributed by atoms with Gasteiger partial charge in [0.1, 0.15) is 0 Å². The molecule has 0 bridgehead atoms. The smallest absolute Gasteiger partial charge is 0.0530 e. The fraction of sp³-hybridized carbons (Fsp3) is 0.368. The van der Waals surface area contributed by atoms with Gasteiger partial charge in [-0.15, -0.1) is 0 Å². The Bertz CT molecular complexity index is 1510. The van der Waals surface area contributed by atoms with Crippen LogP contribution in [0.4, 0.5) is 11.4 Å². The zero-order valence-corrected chi connectivity index (χ0v) is 25.6. The second-order valence-electron chi connectivity index (χ2n) is 14.1. The molecule has 1 heteroatoms. The summed E-state index contributed by atoms with van der Waals surface area (Å²) in [6.07, 6.45) is 0. The Morgan fingerprint density at radius 3 is 1.85 bits per heavy atom. The van der Waals surface area contributed by atoms with Gasteiger partial charge < -0.3 is 4.90 Å². The number of hydrogen-bond donors (Lipinski definition) is 0. The van der Waals surface area contributed by atoms with Crippen LogP contribution in [0.2, 0.25) is 0 Å². The van der Waals surface area contributed by atoms with Crippen LogP contribution in [0.1, 0.15) is 91.5 Å². The van der Waals surface area contributed by atoms with E-state index in [9.17, 15) is 0 Å². The fourth-order valence-electron chi connectivity index (χ4n) is 6.74. The van der Waals surface area contributed by atoms with Gasteiger partial charge in [-0.2, -0.15) is 0 Å². The van der Waals surface area contributed by atoms with E-state index < -0.39 is 0 Å². The lowest BCUT2D eigenvalue weighted by Crippen LogP contribution is -2.33. The maximum Gasteiger partial charge on any atom is 0.0530 e. The summed E-state index contributed by atoms with van der Waals surface area (Å²) in [7, 11) is 0. The first-order chi connectivity index (χ1) is 18.2. The molecular formula is C38H45N. The van der Waals surface area contributed by atoms with Gasteiger partial charge in [-0.25, -0.2) is 0 Å². The Hall–Kier alpha value is -3.32. The van der Waals surface area contributed by atoms with Crippen molar-refractivity contribution < 1.29 is 0 Å². The average molecular weight is 516 g/mol. The average Bonchev–Trinajstić information content (AvgIpc) is 3.10.